The molecule has 0 radical (unpaired) electrons. The summed E-state index contributed by atoms with van der Waals surface area (Å²) in [6.07, 6.45) is 4.80. The van der Waals surface area contributed by atoms with Crippen molar-refractivity contribution in [2.24, 2.45) is 0 Å². The van der Waals surface area contributed by atoms with Crippen LogP contribution in [0, 0.1) is 0 Å². The Hall–Kier alpha value is -0.220. The van der Waals surface area contributed by atoms with Gasteiger partial charge in [0.05, 0.1) is 17.5 Å². The quantitative estimate of drug-likeness (QED) is 0.640. The topological polar surface area (TPSA) is 78.0 Å². The predicted molar refractivity (Wildman–Crippen MR) is 91.3 cm³/mol. The van der Waals surface area contributed by atoms with Crippen molar-refractivity contribution < 1.29 is 16.8 Å². The molecule has 2 rings (SSSR count). The van der Waals surface area contributed by atoms with Gasteiger partial charge in [-0.3, -0.25) is 0 Å². The van der Waals surface area contributed by atoms with E-state index >= 15 is 0 Å². The van der Waals surface area contributed by atoms with Crippen molar-refractivity contribution in [2.45, 2.75) is 44.4 Å². The average Bonchev–Trinajstić information content (AvgIpc) is 2.40. The van der Waals surface area contributed by atoms with E-state index in [1.54, 1.807) is 13.8 Å². The summed E-state index contributed by atoms with van der Waals surface area (Å²) < 4.78 is 51.2. The molecule has 0 saturated carbocycles. The highest BCUT2D eigenvalue weighted by Crippen LogP contribution is 2.23. The first-order valence-corrected chi connectivity index (χ1v) is 11.7. The number of likely N-dealkylation sites (tertiary alicyclic amines) is 1. The van der Waals surface area contributed by atoms with Crippen molar-refractivity contribution >= 4 is 20.0 Å². The second kappa shape index (κ2) is 7.35. The van der Waals surface area contributed by atoms with Crippen LogP contribution < -0.4 is 0 Å². The Bertz CT molecular complexity index is 592. The van der Waals surface area contributed by atoms with E-state index in [-0.39, 0.29) is 19.1 Å². The lowest BCUT2D eigenvalue weighted by atomic mass is 10.1. The Morgan fingerprint density at radius 2 is 1.61 bits per heavy atom. The number of hydrogen-bond acceptors (Lipinski definition) is 5. The third-order valence-corrected chi connectivity index (χ3v) is 8.24. The standard InChI is InChI=1S/C14H29N3O4S2/c1-13(2)23(20,21)16-11-14(12-16)17(22(3,18)19)10-9-15-7-5-4-6-8-15/h13-14H,4-12H2,1-3H3. The summed E-state index contributed by atoms with van der Waals surface area (Å²) in [7, 11) is -6.62. The van der Waals surface area contributed by atoms with Gasteiger partial charge in [-0.1, -0.05) is 6.42 Å². The average molecular weight is 368 g/mol. The summed E-state index contributed by atoms with van der Waals surface area (Å²) in [5, 5.41) is -0.469. The smallest absolute Gasteiger partial charge is 0.216 e. The van der Waals surface area contributed by atoms with E-state index in [0.29, 0.717) is 6.54 Å². The van der Waals surface area contributed by atoms with Gasteiger partial charge in [0.25, 0.3) is 0 Å². The number of piperidine rings is 1. The minimum atomic E-state index is -3.33. The van der Waals surface area contributed by atoms with Gasteiger partial charge < -0.3 is 4.90 Å². The zero-order valence-corrected chi connectivity index (χ0v) is 15.9. The Balaban J connectivity index is 1.93. The Morgan fingerprint density at radius 1 is 1.04 bits per heavy atom. The predicted octanol–water partition coefficient (Wildman–Crippen LogP) is 0.156. The molecule has 2 aliphatic heterocycles. The Kier molecular flexibility index (Phi) is 6.10. The van der Waals surface area contributed by atoms with Gasteiger partial charge in [0, 0.05) is 26.2 Å². The van der Waals surface area contributed by atoms with Crippen LogP contribution in [0.2, 0.25) is 0 Å². The fourth-order valence-corrected chi connectivity index (χ4v) is 5.59. The van der Waals surface area contributed by atoms with Crippen molar-refractivity contribution in [3.05, 3.63) is 0 Å². The van der Waals surface area contributed by atoms with Crippen LogP contribution in [0.3, 0.4) is 0 Å². The van der Waals surface area contributed by atoms with Gasteiger partial charge in [-0.2, -0.15) is 8.61 Å². The second-order valence-electron chi connectivity index (χ2n) is 6.84. The first-order chi connectivity index (χ1) is 10.6. The summed E-state index contributed by atoms with van der Waals surface area (Å²) in [6, 6.07) is -0.233. The summed E-state index contributed by atoms with van der Waals surface area (Å²) >= 11 is 0. The van der Waals surface area contributed by atoms with Crippen LogP contribution >= 0.6 is 0 Å². The number of hydrogen-bond donors (Lipinski definition) is 0. The van der Waals surface area contributed by atoms with E-state index in [9.17, 15) is 16.8 Å². The number of rotatable bonds is 7. The van der Waals surface area contributed by atoms with E-state index in [1.807, 2.05) is 0 Å². The van der Waals surface area contributed by atoms with Crippen LogP contribution in [0.25, 0.3) is 0 Å². The SMILES string of the molecule is CC(C)S(=O)(=O)N1CC(N(CCN2CCCCC2)S(C)(=O)=O)C1. The summed E-state index contributed by atoms with van der Waals surface area (Å²) in [4.78, 5) is 2.29. The molecule has 0 N–H and O–H groups in total. The van der Waals surface area contributed by atoms with E-state index in [0.717, 1.165) is 19.6 Å². The first-order valence-electron chi connectivity index (χ1n) is 8.30. The van der Waals surface area contributed by atoms with Gasteiger partial charge in [-0.15, -0.1) is 0 Å². The molecule has 136 valence electrons. The zero-order valence-electron chi connectivity index (χ0n) is 14.3. The van der Waals surface area contributed by atoms with Crippen LogP contribution in [-0.4, -0.2) is 87.2 Å². The molecule has 0 amide bonds. The van der Waals surface area contributed by atoms with Crippen LogP contribution in [0.1, 0.15) is 33.1 Å². The summed E-state index contributed by atoms with van der Waals surface area (Å²) in [5.41, 5.74) is 0. The van der Waals surface area contributed by atoms with Gasteiger partial charge >= 0.3 is 0 Å². The summed E-state index contributed by atoms with van der Waals surface area (Å²) in [5.74, 6) is 0. The molecule has 23 heavy (non-hydrogen) atoms. The molecule has 2 aliphatic rings. The molecule has 0 spiro atoms. The molecule has 0 aromatic rings. The molecule has 0 bridgehead atoms. The fourth-order valence-electron chi connectivity index (χ4n) is 3.15. The lowest BCUT2D eigenvalue weighted by Gasteiger charge is -2.44. The number of sulfonamides is 2. The lowest BCUT2D eigenvalue weighted by molar-refractivity contribution is 0.135. The van der Waals surface area contributed by atoms with Gasteiger partial charge in [-0.05, 0) is 39.8 Å². The normalized spacial score (nSPS) is 22.7. The van der Waals surface area contributed by atoms with E-state index in [2.05, 4.69) is 4.90 Å². The fraction of sp³-hybridized carbons (Fsp3) is 1.00. The minimum absolute atomic E-state index is 0.233. The molecule has 7 nitrogen and oxygen atoms in total. The molecule has 0 aromatic carbocycles. The zero-order chi connectivity index (χ0) is 17.3. The maximum Gasteiger partial charge on any atom is 0.216 e. The molecule has 0 atom stereocenters. The first kappa shape index (κ1) is 19.1. The molecular formula is C14H29N3O4S2. The third-order valence-electron chi connectivity index (χ3n) is 4.70. The highest BCUT2D eigenvalue weighted by Gasteiger charge is 2.42. The molecular weight excluding hydrogens is 338 g/mol. The van der Waals surface area contributed by atoms with Crippen LogP contribution in [0.4, 0.5) is 0 Å². The van der Waals surface area contributed by atoms with Gasteiger partial charge in [-0.25, -0.2) is 16.8 Å². The lowest BCUT2D eigenvalue weighted by Crippen LogP contribution is -2.63. The maximum absolute atomic E-state index is 12.1. The van der Waals surface area contributed by atoms with Gasteiger partial charge in [0.15, 0.2) is 0 Å². The Morgan fingerprint density at radius 3 is 2.09 bits per heavy atom. The summed E-state index contributed by atoms with van der Waals surface area (Å²) in [6.45, 7) is 7.05. The van der Waals surface area contributed by atoms with Crippen molar-refractivity contribution in [3.63, 3.8) is 0 Å². The van der Waals surface area contributed by atoms with Crippen LogP contribution in [-0.2, 0) is 20.0 Å². The van der Waals surface area contributed by atoms with Crippen LogP contribution in [0.15, 0.2) is 0 Å². The van der Waals surface area contributed by atoms with E-state index in [4.69, 9.17) is 0 Å². The van der Waals surface area contributed by atoms with Crippen molar-refractivity contribution in [1.29, 1.82) is 0 Å². The van der Waals surface area contributed by atoms with Crippen molar-refractivity contribution in [2.75, 3.05) is 45.5 Å². The monoisotopic (exact) mass is 367 g/mol. The Labute approximate surface area is 140 Å². The van der Waals surface area contributed by atoms with E-state index < -0.39 is 25.3 Å². The van der Waals surface area contributed by atoms with Crippen molar-refractivity contribution in [1.82, 2.24) is 13.5 Å². The van der Waals surface area contributed by atoms with Crippen molar-refractivity contribution in [3.8, 4) is 0 Å². The molecule has 0 aromatic heterocycles. The molecule has 2 saturated heterocycles. The molecule has 2 heterocycles. The maximum atomic E-state index is 12.1. The second-order valence-corrected chi connectivity index (χ2v) is 11.3. The number of nitrogens with zero attached hydrogens (tertiary/aromatic N) is 3. The molecule has 0 unspecified atom stereocenters. The molecule has 0 aliphatic carbocycles. The van der Waals surface area contributed by atoms with E-state index in [1.165, 1.54) is 34.1 Å². The largest absolute Gasteiger partial charge is 0.302 e. The highest BCUT2D eigenvalue weighted by molar-refractivity contribution is 7.89. The van der Waals surface area contributed by atoms with Gasteiger partial charge in [0.2, 0.25) is 20.0 Å². The van der Waals surface area contributed by atoms with Crippen LogP contribution in [0.5, 0.6) is 0 Å². The van der Waals surface area contributed by atoms with Gasteiger partial charge in [0.1, 0.15) is 0 Å². The third kappa shape index (κ3) is 4.66. The molecule has 9 heteroatoms. The minimum Gasteiger partial charge on any atom is -0.302 e. The highest BCUT2D eigenvalue weighted by atomic mass is 32.2. The molecule has 2 fully saturated rings.